The summed E-state index contributed by atoms with van der Waals surface area (Å²) >= 11 is 0. The van der Waals surface area contributed by atoms with E-state index in [1.165, 1.54) is 0 Å². The Hall–Kier alpha value is -0.660. The van der Waals surface area contributed by atoms with Crippen LogP contribution in [0.15, 0.2) is 0 Å². The maximum Gasteiger partial charge on any atom is 0.234 e. The topological polar surface area (TPSA) is 78.5 Å². The number of hydrogen-bond donors (Lipinski definition) is 2. The minimum Gasteiger partial charge on any atom is -0.351 e. The lowest BCUT2D eigenvalue weighted by molar-refractivity contribution is -0.123. The Morgan fingerprint density at radius 3 is 2.89 bits per heavy atom. The summed E-state index contributed by atoms with van der Waals surface area (Å²) in [5.41, 5.74) is 0. The zero-order valence-electron chi connectivity index (χ0n) is 10.7. The van der Waals surface area contributed by atoms with Crippen molar-refractivity contribution in [3.05, 3.63) is 0 Å². The molecule has 2 saturated heterocycles. The first kappa shape index (κ1) is 13.8. The van der Waals surface area contributed by atoms with Crippen LogP contribution in [0.5, 0.6) is 0 Å². The van der Waals surface area contributed by atoms with Crippen molar-refractivity contribution in [2.24, 2.45) is 0 Å². The monoisotopic (exact) mass is 275 g/mol. The van der Waals surface area contributed by atoms with Gasteiger partial charge in [-0.15, -0.1) is 0 Å². The lowest BCUT2D eigenvalue weighted by atomic mass is 10.2. The molecule has 2 rings (SSSR count). The van der Waals surface area contributed by atoms with E-state index < -0.39 is 9.84 Å². The van der Waals surface area contributed by atoms with Gasteiger partial charge in [0.2, 0.25) is 5.91 Å². The second-order valence-corrected chi connectivity index (χ2v) is 7.42. The predicted octanol–water partition coefficient (Wildman–Crippen LogP) is -1.42. The molecule has 2 aliphatic heterocycles. The number of sulfone groups is 1. The largest absolute Gasteiger partial charge is 0.351 e. The Bertz CT molecular complexity index is 410. The van der Waals surface area contributed by atoms with Crippen LogP contribution in [-0.4, -0.2) is 69.0 Å². The lowest BCUT2D eigenvalue weighted by Crippen LogP contribution is -2.53. The van der Waals surface area contributed by atoms with Crippen molar-refractivity contribution in [3.63, 3.8) is 0 Å². The van der Waals surface area contributed by atoms with Crippen molar-refractivity contribution in [1.29, 1.82) is 0 Å². The number of rotatable bonds is 3. The highest BCUT2D eigenvalue weighted by molar-refractivity contribution is 7.91. The van der Waals surface area contributed by atoms with Gasteiger partial charge in [-0.1, -0.05) is 0 Å². The molecule has 104 valence electrons. The Balaban J connectivity index is 1.78. The van der Waals surface area contributed by atoms with Crippen LogP contribution in [0.25, 0.3) is 0 Å². The molecule has 0 saturated carbocycles. The average molecular weight is 275 g/mol. The van der Waals surface area contributed by atoms with Crippen LogP contribution < -0.4 is 10.6 Å². The lowest BCUT2D eigenvalue weighted by Gasteiger charge is -2.33. The van der Waals surface area contributed by atoms with Gasteiger partial charge >= 0.3 is 0 Å². The van der Waals surface area contributed by atoms with Crippen LogP contribution in [0.3, 0.4) is 0 Å². The third kappa shape index (κ3) is 3.66. The third-order valence-electron chi connectivity index (χ3n) is 3.58. The third-order valence-corrected chi connectivity index (χ3v) is 5.35. The second-order valence-electron chi connectivity index (χ2n) is 5.19. The number of carbonyl (C=O) groups excluding carboxylic acids is 1. The normalized spacial score (nSPS) is 32.3. The van der Waals surface area contributed by atoms with E-state index >= 15 is 0 Å². The molecule has 2 N–H and O–H groups in total. The fourth-order valence-electron chi connectivity index (χ4n) is 2.48. The smallest absolute Gasteiger partial charge is 0.234 e. The van der Waals surface area contributed by atoms with Crippen molar-refractivity contribution in [2.75, 3.05) is 37.7 Å². The van der Waals surface area contributed by atoms with Gasteiger partial charge in [0.25, 0.3) is 0 Å². The average Bonchev–Trinajstić information content (AvgIpc) is 2.61. The Morgan fingerprint density at radius 1 is 1.50 bits per heavy atom. The molecule has 2 heterocycles. The van der Waals surface area contributed by atoms with Crippen LogP contribution in [-0.2, 0) is 14.6 Å². The van der Waals surface area contributed by atoms with E-state index in [0.29, 0.717) is 19.0 Å². The number of amides is 1. The molecule has 0 aromatic carbocycles. The van der Waals surface area contributed by atoms with Gasteiger partial charge in [0.15, 0.2) is 9.84 Å². The number of carbonyl (C=O) groups is 1. The molecule has 2 unspecified atom stereocenters. The van der Waals surface area contributed by atoms with Gasteiger partial charge in [-0.05, 0) is 13.3 Å². The van der Waals surface area contributed by atoms with Gasteiger partial charge < -0.3 is 10.6 Å². The summed E-state index contributed by atoms with van der Waals surface area (Å²) < 4.78 is 22.6. The highest BCUT2D eigenvalue weighted by atomic mass is 32.2. The van der Waals surface area contributed by atoms with Crippen molar-refractivity contribution in [1.82, 2.24) is 15.5 Å². The first-order valence-corrected chi connectivity index (χ1v) is 8.23. The van der Waals surface area contributed by atoms with Gasteiger partial charge in [-0.2, -0.15) is 0 Å². The molecule has 0 aromatic rings. The molecular formula is C11H21N3O3S. The Labute approximate surface area is 108 Å². The first-order chi connectivity index (χ1) is 8.46. The molecule has 2 fully saturated rings. The summed E-state index contributed by atoms with van der Waals surface area (Å²) in [7, 11) is -2.92. The molecular weight excluding hydrogens is 254 g/mol. The van der Waals surface area contributed by atoms with Gasteiger partial charge in [-0.3, -0.25) is 9.69 Å². The van der Waals surface area contributed by atoms with Crippen molar-refractivity contribution in [2.45, 2.75) is 25.4 Å². The second kappa shape index (κ2) is 5.54. The Morgan fingerprint density at radius 2 is 2.28 bits per heavy atom. The van der Waals surface area contributed by atoms with Crippen molar-refractivity contribution in [3.8, 4) is 0 Å². The van der Waals surface area contributed by atoms with E-state index in [4.69, 9.17) is 0 Å². The van der Waals surface area contributed by atoms with Crippen LogP contribution >= 0.6 is 0 Å². The minimum atomic E-state index is -2.92. The summed E-state index contributed by atoms with van der Waals surface area (Å²) in [5.74, 6) is 0.225. The molecule has 0 aliphatic carbocycles. The standard InChI is InChI=1S/C11H21N3O3S/c1-9-6-12-3-4-14(9)7-11(15)13-10-2-5-18(16,17)8-10/h9-10,12H,2-8H2,1H3,(H,13,15). The van der Waals surface area contributed by atoms with Crippen molar-refractivity contribution < 1.29 is 13.2 Å². The fourth-order valence-corrected chi connectivity index (χ4v) is 4.16. The summed E-state index contributed by atoms with van der Waals surface area (Å²) in [4.78, 5) is 14.0. The summed E-state index contributed by atoms with van der Waals surface area (Å²) in [6.07, 6.45) is 0.547. The highest BCUT2D eigenvalue weighted by Crippen LogP contribution is 2.11. The van der Waals surface area contributed by atoms with E-state index in [1.54, 1.807) is 0 Å². The van der Waals surface area contributed by atoms with Gasteiger partial charge in [0.05, 0.1) is 18.1 Å². The maximum absolute atomic E-state index is 11.9. The minimum absolute atomic E-state index is 0.0640. The van der Waals surface area contributed by atoms with Gasteiger partial charge in [0.1, 0.15) is 0 Å². The van der Waals surface area contributed by atoms with E-state index in [2.05, 4.69) is 22.5 Å². The number of nitrogens with one attached hydrogen (secondary N) is 2. The first-order valence-electron chi connectivity index (χ1n) is 6.41. The van der Waals surface area contributed by atoms with E-state index in [0.717, 1.165) is 19.6 Å². The molecule has 6 nitrogen and oxygen atoms in total. The predicted molar refractivity (Wildman–Crippen MR) is 69.1 cm³/mol. The summed E-state index contributed by atoms with van der Waals surface area (Å²) in [5, 5.41) is 6.09. The SMILES string of the molecule is CC1CNCCN1CC(=O)NC1CCS(=O)(=O)C1. The molecule has 0 spiro atoms. The van der Waals surface area contributed by atoms with Crippen LogP contribution in [0.4, 0.5) is 0 Å². The molecule has 18 heavy (non-hydrogen) atoms. The molecule has 2 atom stereocenters. The van der Waals surface area contributed by atoms with E-state index in [1.807, 2.05) is 0 Å². The molecule has 1 amide bonds. The summed E-state index contributed by atoms with van der Waals surface area (Å²) in [6.45, 7) is 5.09. The van der Waals surface area contributed by atoms with Gasteiger partial charge in [0, 0.05) is 31.7 Å². The van der Waals surface area contributed by atoms with Gasteiger partial charge in [-0.25, -0.2) is 8.42 Å². The zero-order chi connectivity index (χ0) is 13.2. The summed E-state index contributed by atoms with van der Waals surface area (Å²) in [6, 6.07) is 0.150. The van der Waals surface area contributed by atoms with E-state index in [9.17, 15) is 13.2 Å². The highest BCUT2D eigenvalue weighted by Gasteiger charge is 2.29. The molecule has 0 bridgehead atoms. The molecule has 7 heteroatoms. The molecule has 2 aliphatic rings. The molecule has 0 aromatic heterocycles. The zero-order valence-corrected chi connectivity index (χ0v) is 11.5. The van der Waals surface area contributed by atoms with Crippen LogP contribution in [0.1, 0.15) is 13.3 Å². The number of nitrogens with zero attached hydrogens (tertiary/aromatic N) is 1. The fraction of sp³-hybridized carbons (Fsp3) is 0.909. The number of hydrogen-bond acceptors (Lipinski definition) is 5. The quantitative estimate of drug-likeness (QED) is 0.661. The van der Waals surface area contributed by atoms with Crippen molar-refractivity contribution >= 4 is 15.7 Å². The van der Waals surface area contributed by atoms with Crippen LogP contribution in [0.2, 0.25) is 0 Å². The maximum atomic E-state index is 11.9. The molecule has 0 radical (unpaired) electrons. The van der Waals surface area contributed by atoms with Crippen LogP contribution in [0, 0.1) is 0 Å². The Kier molecular flexibility index (Phi) is 4.24. The number of piperazine rings is 1. The van der Waals surface area contributed by atoms with E-state index in [-0.39, 0.29) is 23.5 Å².